The van der Waals surface area contributed by atoms with Crippen LogP contribution in [0.3, 0.4) is 0 Å². The summed E-state index contributed by atoms with van der Waals surface area (Å²) in [5.74, 6) is -0.197. The van der Waals surface area contributed by atoms with E-state index in [9.17, 15) is 9.18 Å². The second kappa shape index (κ2) is 9.01. The largest absolute Gasteiger partial charge is 0.341 e. The molecule has 0 fully saturated rings. The first-order valence-electron chi connectivity index (χ1n) is 10.4. The number of aryl methyl sites for hydroxylation is 3. The number of hydrogen-bond acceptors (Lipinski definition) is 4. The highest BCUT2D eigenvalue weighted by atomic mass is 32.1. The highest BCUT2D eigenvalue weighted by molar-refractivity contribution is 7.20. The molecule has 0 bridgehead atoms. The van der Waals surface area contributed by atoms with Crippen LogP contribution in [-0.2, 0) is 13.5 Å². The number of hydrogen-bond donors (Lipinski definition) is 1. The maximum absolute atomic E-state index is 13.4. The van der Waals surface area contributed by atoms with Gasteiger partial charge in [-0.3, -0.25) is 14.6 Å². The highest BCUT2D eigenvalue weighted by Crippen LogP contribution is 2.28. The first-order chi connectivity index (χ1) is 14.9. The average molecular weight is 440 g/mol. The van der Waals surface area contributed by atoms with Crippen LogP contribution < -0.4 is 0 Å². The molecular weight excluding hydrogens is 413 g/mol. The Morgan fingerprint density at radius 1 is 1.23 bits per heavy atom. The number of unbranched alkanes of at least 4 members (excludes halogenated alkanes) is 2. The van der Waals surface area contributed by atoms with Crippen molar-refractivity contribution in [3.63, 3.8) is 0 Å². The molecule has 0 saturated carbocycles. The fourth-order valence-corrected chi connectivity index (χ4v) is 4.84. The van der Waals surface area contributed by atoms with E-state index in [0.29, 0.717) is 0 Å². The van der Waals surface area contributed by atoms with Gasteiger partial charge in [0.1, 0.15) is 10.6 Å². The molecule has 0 aliphatic rings. The number of carbonyl (C=O) groups excluding carboxylic acids is 1. The molecule has 0 saturated heterocycles. The molecule has 4 rings (SSSR count). The number of nitrogens with one attached hydrogen (secondary N) is 1. The van der Waals surface area contributed by atoms with E-state index in [2.05, 4.69) is 15.3 Å². The first kappa shape index (κ1) is 21.2. The molecule has 0 atom stereocenters. The summed E-state index contributed by atoms with van der Waals surface area (Å²) in [6.07, 6.45) is 3.84. The third kappa shape index (κ3) is 4.69. The molecule has 3 aromatic heterocycles. The molecule has 1 aromatic carbocycles. The summed E-state index contributed by atoms with van der Waals surface area (Å²) in [5.41, 5.74) is 3.52. The Labute approximate surface area is 184 Å². The zero-order valence-corrected chi connectivity index (χ0v) is 18.8. The lowest BCUT2D eigenvalue weighted by Crippen LogP contribution is -2.27. The van der Waals surface area contributed by atoms with E-state index in [0.717, 1.165) is 70.0 Å². The van der Waals surface area contributed by atoms with Gasteiger partial charge in [-0.1, -0.05) is 18.6 Å². The second-order valence-corrected chi connectivity index (χ2v) is 8.90. The molecule has 3 heterocycles. The van der Waals surface area contributed by atoms with Gasteiger partial charge in [0, 0.05) is 37.3 Å². The van der Waals surface area contributed by atoms with Crippen molar-refractivity contribution in [1.29, 1.82) is 0 Å². The number of nitrogens with zero attached hydrogens (tertiary/aromatic N) is 4. The molecule has 0 aliphatic carbocycles. The number of carbonyl (C=O) groups is 1. The minimum Gasteiger partial charge on any atom is -0.341 e. The van der Waals surface area contributed by atoms with Crippen LogP contribution in [0.25, 0.3) is 21.5 Å². The van der Waals surface area contributed by atoms with Gasteiger partial charge in [-0.15, -0.1) is 11.3 Å². The van der Waals surface area contributed by atoms with Crippen LogP contribution in [0.2, 0.25) is 0 Å². The van der Waals surface area contributed by atoms with Gasteiger partial charge >= 0.3 is 0 Å². The Balaban J connectivity index is 1.23. The van der Waals surface area contributed by atoms with Gasteiger partial charge in [-0.2, -0.15) is 10.2 Å². The minimum atomic E-state index is -0.261. The topological polar surface area (TPSA) is 66.8 Å². The van der Waals surface area contributed by atoms with Gasteiger partial charge < -0.3 is 4.90 Å². The fourth-order valence-electron chi connectivity index (χ4n) is 3.73. The van der Waals surface area contributed by atoms with Crippen LogP contribution in [0.5, 0.6) is 0 Å². The van der Waals surface area contributed by atoms with Gasteiger partial charge in [-0.25, -0.2) is 4.39 Å². The Bertz CT molecular complexity index is 1170. The predicted octanol–water partition coefficient (Wildman–Crippen LogP) is 4.96. The van der Waals surface area contributed by atoms with E-state index in [1.807, 2.05) is 43.9 Å². The van der Waals surface area contributed by atoms with Gasteiger partial charge in [-0.05, 0) is 50.5 Å². The summed E-state index contributed by atoms with van der Waals surface area (Å²) in [5, 5.41) is 12.8. The first-order valence-corrected chi connectivity index (χ1v) is 11.2. The predicted molar refractivity (Wildman–Crippen MR) is 122 cm³/mol. The maximum Gasteiger partial charge on any atom is 0.263 e. The average Bonchev–Trinajstić information content (AvgIpc) is 3.45. The standard InChI is InChI=1S/C23H26FN5OS/c1-15-19-14-21(31-23(19)29(3)27-15)22(30)28(2)11-6-4-5-10-18-13-20(26-25-18)16-8-7-9-17(24)12-16/h7-9,12-14H,4-6,10-11H2,1-3H3,(H,25,26). The summed E-state index contributed by atoms with van der Waals surface area (Å²) in [6.45, 7) is 2.69. The number of H-pyrrole nitrogens is 1. The molecule has 0 aliphatic heterocycles. The summed E-state index contributed by atoms with van der Waals surface area (Å²) in [4.78, 5) is 16.3. The molecule has 0 spiro atoms. The van der Waals surface area contributed by atoms with Crippen LogP contribution in [-0.4, -0.2) is 44.4 Å². The number of aromatic amines is 1. The fraction of sp³-hybridized carbons (Fsp3) is 0.348. The molecular formula is C23H26FN5OS. The third-order valence-corrected chi connectivity index (χ3v) is 6.63. The van der Waals surface area contributed by atoms with Crippen LogP contribution in [0.15, 0.2) is 36.4 Å². The van der Waals surface area contributed by atoms with Crippen LogP contribution in [0.4, 0.5) is 4.39 Å². The summed E-state index contributed by atoms with van der Waals surface area (Å²) < 4.78 is 15.2. The Kier molecular flexibility index (Phi) is 6.18. The van der Waals surface area contributed by atoms with Crippen molar-refractivity contribution in [2.45, 2.75) is 32.6 Å². The van der Waals surface area contributed by atoms with Crippen molar-refractivity contribution in [2.24, 2.45) is 7.05 Å². The molecule has 8 heteroatoms. The smallest absolute Gasteiger partial charge is 0.263 e. The van der Waals surface area contributed by atoms with E-state index in [1.54, 1.807) is 11.0 Å². The summed E-state index contributed by atoms with van der Waals surface area (Å²) in [6, 6.07) is 10.4. The summed E-state index contributed by atoms with van der Waals surface area (Å²) in [7, 11) is 3.77. The molecule has 4 aromatic rings. The maximum atomic E-state index is 13.4. The zero-order chi connectivity index (χ0) is 22.0. The quantitative estimate of drug-likeness (QED) is 0.395. The normalized spacial score (nSPS) is 11.4. The highest BCUT2D eigenvalue weighted by Gasteiger charge is 2.18. The number of aromatic nitrogens is 4. The summed E-state index contributed by atoms with van der Waals surface area (Å²) >= 11 is 1.50. The molecule has 0 unspecified atom stereocenters. The van der Waals surface area contributed by atoms with Crippen molar-refractivity contribution in [2.75, 3.05) is 13.6 Å². The molecule has 0 radical (unpaired) electrons. The van der Waals surface area contributed by atoms with E-state index >= 15 is 0 Å². The van der Waals surface area contributed by atoms with Crippen LogP contribution in [0.1, 0.15) is 40.3 Å². The lowest BCUT2D eigenvalue weighted by molar-refractivity contribution is 0.0797. The lowest BCUT2D eigenvalue weighted by atomic mass is 10.1. The van der Waals surface area contributed by atoms with Crippen LogP contribution in [0, 0.1) is 12.7 Å². The Morgan fingerprint density at radius 2 is 2.06 bits per heavy atom. The van der Waals surface area contributed by atoms with E-state index in [-0.39, 0.29) is 11.7 Å². The monoisotopic (exact) mass is 439 g/mol. The van der Waals surface area contributed by atoms with E-state index in [1.165, 1.54) is 23.5 Å². The van der Waals surface area contributed by atoms with E-state index < -0.39 is 0 Å². The minimum absolute atomic E-state index is 0.0638. The molecule has 1 N–H and O–H groups in total. The number of benzene rings is 1. The molecule has 6 nitrogen and oxygen atoms in total. The van der Waals surface area contributed by atoms with Crippen molar-refractivity contribution >= 4 is 27.5 Å². The zero-order valence-electron chi connectivity index (χ0n) is 18.0. The Hall–Kier alpha value is -3.00. The third-order valence-electron chi connectivity index (χ3n) is 5.44. The number of halogens is 1. The number of fused-ring (bicyclic) bond motifs is 1. The van der Waals surface area contributed by atoms with Crippen LogP contribution >= 0.6 is 11.3 Å². The Morgan fingerprint density at radius 3 is 2.84 bits per heavy atom. The SMILES string of the molecule is Cc1nn(C)c2sc(C(=O)N(C)CCCCCc3cc(-c4cccc(F)c4)n[nH]3)cc12. The lowest BCUT2D eigenvalue weighted by Gasteiger charge is -2.15. The number of rotatable bonds is 8. The van der Waals surface area contributed by atoms with Gasteiger partial charge in [0.05, 0.1) is 16.3 Å². The van der Waals surface area contributed by atoms with Crippen molar-refractivity contribution in [3.05, 3.63) is 58.5 Å². The van der Waals surface area contributed by atoms with Gasteiger partial charge in [0.2, 0.25) is 0 Å². The van der Waals surface area contributed by atoms with E-state index in [4.69, 9.17) is 0 Å². The number of amides is 1. The van der Waals surface area contributed by atoms with Crippen molar-refractivity contribution < 1.29 is 9.18 Å². The molecule has 162 valence electrons. The van der Waals surface area contributed by atoms with Gasteiger partial charge in [0.15, 0.2) is 0 Å². The molecule has 31 heavy (non-hydrogen) atoms. The van der Waals surface area contributed by atoms with Gasteiger partial charge in [0.25, 0.3) is 5.91 Å². The number of thiophene rings is 1. The molecule has 1 amide bonds. The van der Waals surface area contributed by atoms with Crippen molar-refractivity contribution in [1.82, 2.24) is 24.9 Å². The second-order valence-electron chi connectivity index (χ2n) is 7.86. The van der Waals surface area contributed by atoms with Crippen molar-refractivity contribution in [3.8, 4) is 11.3 Å².